The van der Waals surface area contributed by atoms with E-state index < -0.39 is 13.7 Å². The van der Waals surface area contributed by atoms with Gasteiger partial charge in [0.15, 0.2) is 0 Å². The number of hydrogen-bond acceptors (Lipinski definition) is 3. The summed E-state index contributed by atoms with van der Waals surface area (Å²) in [6, 6.07) is 0. The van der Waals surface area contributed by atoms with Crippen LogP contribution in [0.25, 0.3) is 0 Å². The lowest BCUT2D eigenvalue weighted by Crippen LogP contribution is -2.04. The molecule has 0 saturated carbocycles. The molecule has 0 atom stereocenters. The van der Waals surface area contributed by atoms with Crippen molar-refractivity contribution in [3.8, 4) is 0 Å². The van der Waals surface area contributed by atoms with Crippen LogP contribution in [0.3, 0.4) is 0 Å². The Balaban J connectivity index is 0. The molecule has 6 nitrogen and oxygen atoms in total. The molecule has 0 aliphatic rings. The van der Waals surface area contributed by atoms with Gasteiger partial charge in [0.05, 0.1) is 0 Å². The fourth-order valence-electron chi connectivity index (χ4n) is 0. The van der Waals surface area contributed by atoms with Gasteiger partial charge in [-0.25, -0.2) is 4.57 Å². The molecule has 0 heterocycles. The highest BCUT2D eigenvalue weighted by Crippen LogP contribution is 2.33. The Bertz CT molecular complexity index is 173. The lowest BCUT2D eigenvalue weighted by atomic mass is 10.6. The van der Waals surface area contributed by atoms with Crippen LogP contribution in [0, 0.1) is 0 Å². The van der Waals surface area contributed by atoms with Gasteiger partial charge < -0.3 is 15.5 Å². The fourth-order valence-corrected chi connectivity index (χ4v) is 0. The minimum atomic E-state index is -4.15. The number of rotatable bonds is 2. The Hall–Kier alpha value is -0.680. The molecular formula is C4H10NO5P. The number of carbonyl (C=O) groups excluding carboxylic acids is 1. The molecule has 4 N–H and O–H groups in total. The van der Waals surface area contributed by atoms with Crippen LogP contribution in [0.4, 0.5) is 0 Å². The summed E-state index contributed by atoms with van der Waals surface area (Å²) in [6.45, 7) is 3.09. The van der Waals surface area contributed by atoms with Gasteiger partial charge in [-0.05, 0) is 6.08 Å². The van der Waals surface area contributed by atoms with E-state index in [9.17, 15) is 9.36 Å². The summed E-state index contributed by atoms with van der Waals surface area (Å²) in [5, 5.41) is 0. The summed E-state index contributed by atoms with van der Waals surface area (Å²) < 4.78 is 13.1. The third-order valence-corrected chi connectivity index (χ3v) is 0.915. The van der Waals surface area contributed by atoms with Crippen molar-refractivity contribution in [3.63, 3.8) is 0 Å². The highest BCUT2D eigenvalue weighted by molar-refractivity contribution is 7.46. The quantitative estimate of drug-likeness (QED) is 0.390. The summed E-state index contributed by atoms with van der Waals surface area (Å²) in [6.07, 6.45) is 1.06. The maximum absolute atomic E-state index is 9.47. The van der Waals surface area contributed by atoms with E-state index in [4.69, 9.17) is 9.79 Å². The number of phosphoric ester groups is 1. The van der Waals surface area contributed by atoms with Crippen molar-refractivity contribution < 1.29 is 23.7 Å². The number of phosphoric acid groups is 1. The van der Waals surface area contributed by atoms with Crippen LogP contribution < -0.4 is 5.73 Å². The summed E-state index contributed by atoms with van der Waals surface area (Å²) in [4.78, 5) is 24.9. The molecule has 0 fully saturated rings. The number of carbonyl (C=O) groups is 1. The second-order valence-electron chi connectivity index (χ2n) is 1.28. The second kappa shape index (κ2) is 6.06. The highest BCUT2D eigenvalue weighted by Gasteiger charge is 2.07. The van der Waals surface area contributed by atoms with Gasteiger partial charge in [-0.3, -0.25) is 9.32 Å². The maximum atomic E-state index is 9.47. The maximum Gasteiger partial charge on any atom is 0.469 e. The van der Waals surface area contributed by atoms with Gasteiger partial charge in [-0.1, -0.05) is 6.58 Å². The van der Waals surface area contributed by atoms with Gasteiger partial charge >= 0.3 is 7.82 Å². The molecular weight excluding hydrogens is 173 g/mol. The number of amides is 1. The van der Waals surface area contributed by atoms with E-state index in [2.05, 4.69) is 16.8 Å². The lowest BCUT2D eigenvalue weighted by molar-refractivity contribution is -0.113. The zero-order valence-electron chi connectivity index (χ0n) is 5.93. The van der Waals surface area contributed by atoms with Crippen molar-refractivity contribution in [2.45, 2.75) is 0 Å². The van der Waals surface area contributed by atoms with Crippen LogP contribution in [0.1, 0.15) is 0 Å². The fraction of sp³-hybridized carbons (Fsp3) is 0.250. The largest absolute Gasteiger partial charge is 0.469 e. The zero-order valence-corrected chi connectivity index (χ0v) is 6.82. The molecule has 0 rings (SSSR count). The van der Waals surface area contributed by atoms with Gasteiger partial charge in [0.2, 0.25) is 5.91 Å². The Labute approximate surface area is 63.9 Å². The van der Waals surface area contributed by atoms with Crippen LogP contribution >= 0.6 is 7.82 Å². The minimum absolute atomic E-state index is 0.481. The van der Waals surface area contributed by atoms with E-state index >= 15 is 0 Å². The van der Waals surface area contributed by atoms with E-state index in [-0.39, 0.29) is 0 Å². The first-order valence-electron chi connectivity index (χ1n) is 2.36. The molecule has 0 saturated heterocycles. The first-order chi connectivity index (χ1) is 4.83. The molecule has 7 heteroatoms. The van der Waals surface area contributed by atoms with E-state index in [1.54, 1.807) is 0 Å². The average molecular weight is 183 g/mol. The third-order valence-electron chi connectivity index (χ3n) is 0.439. The van der Waals surface area contributed by atoms with Gasteiger partial charge in [0.25, 0.3) is 0 Å². The first kappa shape index (κ1) is 12.9. The van der Waals surface area contributed by atoms with E-state index in [1.807, 2.05) is 0 Å². The van der Waals surface area contributed by atoms with Crippen LogP contribution in [0.5, 0.6) is 0 Å². The molecule has 0 spiro atoms. The van der Waals surface area contributed by atoms with Crippen molar-refractivity contribution >= 4 is 13.7 Å². The van der Waals surface area contributed by atoms with E-state index in [0.29, 0.717) is 0 Å². The molecule has 0 unspecified atom stereocenters. The van der Waals surface area contributed by atoms with Crippen molar-refractivity contribution in [1.82, 2.24) is 0 Å². The monoisotopic (exact) mass is 183 g/mol. The molecule has 0 aliphatic heterocycles. The predicted molar refractivity (Wildman–Crippen MR) is 38.4 cm³/mol. The van der Waals surface area contributed by atoms with Gasteiger partial charge in [0, 0.05) is 7.11 Å². The molecule has 0 aromatic carbocycles. The smallest absolute Gasteiger partial charge is 0.366 e. The van der Waals surface area contributed by atoms with Crippen LogP contribution in [0.2, 0.25) is 0 Å². The Kier molecular flexibility index (Phi) is 7.13. The van der Waals surface area contributed by atoms with Crippen molar-refractivity contribution in [3.05, 3.63) is 12.7 Å². The molecule has 0 aromatic heterocycles. The second-order valence-corrected chi connectivity index (χ2v) is 2.63. The van der Waals surface area contributed by atoms with Crippen molar-refractivity contribution in [2.75, 3.05) is 7.11 Å². The molecule has 0 aliphatic carbocycles. The van der Waals surface area contributed by atoms with Crippen molar-refractivity contribution in [1.29, 1.82) is 0 Å². The Morgan fingerprint density at radius 1 is 1.73 bits per heavy atom. The highest BCUT2D eigenvalue weighted by atomic mass is 31.2. The zero-order chi connectivity index (χ0) is 9.49. The standard InChI is InChI=1S/C3H5NO.CH5O4P/c1-2-3(4)5;1-5-6(2,3)4/h2H,1H2,(H2,4,5);1H3,(H2,2,3,4). The molecule has 0 radical (unpaired) electrons. The lowest BCUT2D eigenvalue weighted by Gasteiger charge is -1.93. The summed E-state index contributed by atoms with van der Waals surface area (Å²) in [5.74, 6) is -0.481. The van der Waals surface area contributed by atoms with Crippen LogP contribution in [-0.2, 0) is 13.9 Å². The first-order valence-corrected chi connectivity index (χ1v) is 3.89. The SMILES string of the molecule is C=CC(N)=O.COP(=O)(O)O. The molecule has 0 bridgehead atoms. The molecule has 1 amide bonds. The molecule has 0 aromatic rings. The number of primary amides is 1. The third kappa shape index (κ3) is 26.8. The number of hydrogen-bond donors (Lipinski definition) is 3. The molecule has 11 heavy (non-hydrogen) atoms. The van der Waals surface area contributed by atoms with Gasteiger partial charge in [-0.15, -0.1) is 0 Å². The Morgan fingerprint density at radius 3 is 1.91 bits per heavy atom. The van der Waals surface area contributed by atoms with E-state index in [1.165, 1.54) is 0 Å². The van der Waals surface area contributed by atoms with Crippen molar-refractivity contribution in [2.24, 2.45) is 5.73 Å². The minimum Gasteiger partial charge on any atom is -0.366 e. The predicted octanol–water partition coefficient (Wildman–Crippen LogP) is -0.617. The normalized spacial score (nSPS) is 9.36. The Morgan fingerprint density at radius 2 is 1.91 bits per heavy atom. The topological polar surface area (TPSA) is 110 Å². The summed E-state index contributed by atoms with van der Waals surface area (Å²) in [7, 11) is -3.20. The van der Waals surface area contributed by atoms with Gasteiger partial charge in [-0.2, -0.15) is 0 Å². The molecule has 66 valence electrons. The summed E-state index contributed by atoms with van der Waals surface area (Å²) in [5.41, 5.74) is 4.53. The average Bonchev–Trinajstić information content (AvgIpc) is 1.88. The van der Waals surface area contributed by atoms with Crippen LogP contribution in [-0.4, -0.2) is 22.8 Å². The summed E-state index contributed by atoms with van der Waals surface area (Å²) >= 11 is 0. The number of nitrogens with two attached hydrogens (primary N) is 1. The van der Waals surface area contributed by atoms with Crippen LogP contribution in [0.15, 0.2) is 12.7 Å². The van der Waals surface area contributed by atoms with Gasteiger partial charge in [0.1, 0.15) is 0 Å². The van der Waals surface area contributed by atoms with E-state index in [0.717, 1.165) is 13.2 Å².